The van der Waals surface area contributed by atoms with Gasteiger partial charge >= 0.3 is 0 Å². The van der Waals surface area contributed by atoms with Gasteiger partial charge in [0.1, 0.15) is 16.0 Å². The molecule has 1 saturated heterocycles. The number of methoxy groups -OCH3 is 2. The van der Waals surface area contributed by atoms with E-state index in [-0.39, 0.29) is 5.56 Å². The molecule has 0 spiro atoms. The van der Waals surface area contributed by atoms with Crippen LogP contribution in [-0.4, -0.2) is 42.2 Å². The summed E-state index contributed by atoms with van der Waals surface area (Å²) in [4.78, 5) is 14.1. The molecule has 0 saturated carbocycles. The topological polar surface area (TPSA) is 76.8 Å². The van der Waals surface area contributed by atoms with E-state index in [1.165, 1.54) is 4.68 Å². The zero-order valence-corrected chi connectivity index (χ0v) is 16.6. The second-order valence-electron chi connectivity index (χ2n) is 6.39. The van der Waals surface area contributed by atoms with Gasteiger partial charge in [0.2, 0.25) is 0 Å². The first kappa shape index (κ1) is 18.7. The number of hydrogen-bond acceptors (Lipinski definition) is 6. The molecule has 26 heavy (non-hydrogen) atoms. The number of aliphatic hydroxyl groups is 1. The van der Waals surface area contributed by atoms with E-state index in [1.807, 2.05) is 12.1 Å². The quantitative estimate of drug-likeness (QED) is 0.810. The van der Waals surface area contributed by atoms with Crippen LogP contribution in [0.2, 0.25) is 0 Å². The first-order chi connectivity index (χ1) is 12.4. The Kier molecular flexibility index (Phi) is 5.24. The third-order valence-electron chi connectivity index (χ3n) is 4.88. The van der Waals surface area contributed by atoms with Crippen molar-refractivity contribution in [1.82, 2.24) is 9.78 Å². The number of hydrogen-bond donors (Lipinski definition) is 1. The maximum absolute atomic E-state index is 12.1. The summed E-state index contributed by atoms with van der Waals surface area (Å²) in [5.74, 6) is 1.29. The van der Waals surface area contributed by atoms with E-state index in [1.54, 1.807) is 33.5 Å². The van der Waals surface area contributed by atoms with Crippen molar-refractivity contribution in [3.63, 3.8) is 0 Å². The molecule has 1 aromatic heterocycles. The fraction of sp³-hybridized carbons (Fsp3) is 0.444. The molecule has 0 atom stereocenters. The van der Waals surface area contributed by atoms with Crippen LogP contribution < -0.4 is 19.9 Å². The number of halogens is 1. The number of piperidine rings is 1. The Morgan fingerprint density at radius 2 is 1.73 bits per heavy atom. The number of ether oxygens (including phenoxy) is 2. The Labute approximate surface area is 160 Å². The highest BCUT2D eigenvalue weighted by Crippen LogP contribution is 2.38. The standard InChI is InChI=1S/C18H22BrN3O4/c1-21-17(23)16(19)15(11-20-21)22-6-4-18(24,5-7-22)12-8-13(25-2)10-14(9-12)26-3/h8-11,24H,4-7H2,1-3H3. The lowest BCUT2D eigenvalue weighted by atomic mass is 9.84. The predicted octanol–water partition coefficient (Wildman–Crippen LogP) is 2.05. The molecule has 1 aliphatic heterocycles. The van der Waals surface area contributed by atoms with Gasteiger partial charge in [0.05, 0.1) is 31.7 Å². The first-order valence-electron chi connectivity index (χ1n) is 8.30. The molecule has 8 heteroatoms. The van der Waals surface area contributed by atoms with E-state index in [0.29, 0.717) is 41.9 Å². The lowest BCUT2D eigenvalue weighted by molar-refractivity contribution is 0.0114. The van der Waals surface area contributed by atoms with Crippen LogP contribution >= 0.6 is 15.9 Å². The highest BCUT2D eigenvalue weighted by Gasteiger charge is 2.35. The molecule has 0 bridgehead atoms. The second-order valence-corrected chi connectivity index (χ2v) is 7.19. The van der Waals surface area contributed by atoms with Crippen molar-refractivity contribution < 1.29 is 14.6 Å². The van der Waals surface area contributed by atoms with Crippen molar-refractivity contribution in [2.45, 2.75) is 18.4 Å². The van der Waals surface area contributed by atoms with Gasteiger partial charge in [-0.2, -0.15) is 5.10 Å². The van der Waals surface area contributed by atoms with Crippen LogP contribution in [0, 0.1) is 0 Å². The molecule has 3 rings (SSSR count). The van der Waals surface area contributed by atoms with Crippen LogP contribution in [-0.2, 0) is 12.6 Å². The van der Waals surface area contributed by atoms with E-state index in [2.05, 4.69) is 25.9 Å². The molecular formula is C18H22BrN3O4. The van der Waals surface area contributed by atoms with Crippen molar-refractivity contribution in [1.29, 1.82) is 0 Å². The highest BCUT2D eigenvalue weighted by molar-refractivity contribution is 9.10. The summed E-state index contributed by atoms with van der Waals surface area (Å²) >= 11 is 3.37. The molecule has 2 heterocycles. The minimum absolute atomic E-state index is 0.180. The van der Waals surface area contributed by atoms with Gasteiger partial charge in [-0.05, 0) is 46.5 Å². The van der Waals surface area contributed by atoms with Gasteiger partial charge in [0.15, 0.2) is 0 Å². The van der Waals surface area contributed by atoms with Crippen molar-refractivity contribution >= 4 is 21.6 Å². The van der Waals surface area contributed by atoms with Crippen molar-refractivity contribution in [2.75, 3.05) is 32.2 Å². The molecule has 1 aliphatic rings. The number of aromatic nitrogens is 2. The minimum Gasteiger partial charge on any atom is -0.497 e. The summed E-state index contributed by atoms with van der Waals surface area (Å²) in [5.41, 5.74) is 0.367. The summed E-state index contributed by atoms with van der Waals surface area (Å²) in [6, 6.07) is 5.46. The molecular weight excluding hydrogens is 402 g/mol. The van der Waals surface area contributed by atoms with E-state index >= 15 is 0 Å². The van der Waals surface area contributed by atoms with Crippen LogP contribution in [0.4, 0.5) is 5.69 Å². The van der Waals surface area contributed by atoms with E-state index in [4.69, 9.17) is 9.47 Å². The van der Waals surface area contributed by atoms with Crippen LogP contribution in [0.3, 0.4) is 0 Å². The van der Waals surface area contributed by atoms with Gasteiger partial charge in [-0.15, -0.1) is 0 Å². The molecule has 0 radical (unpaired) electrons. The summed E-state index contributed by atoms with van der Waals surface area (Å²) < 4.78 is 12.4. The molecule has 0 unspecified atom stereocenters. The Morgan fingerprint density at radius 1 is 1.15 bits per heavy atom. The second kappa shape index (κ2) is 7.28. The Morgan fingerprint density at radius 3 is 2.27 bits per heavy atom. The molecule has 1 fully saturated rings. The number of nitrogens with zero attached hydrogens (tertiary/aromatic N) is 3. The Hall–Kier alpha value is -2.06. The summed E-state index contributed by atoms with van der Waals surface area (Å²) in [5, 5.41) is 15.3. The van der Waals surface area contributed by atoms with Crippen LogP contribution in [0.15, 0.2) is 33.7 Å². The number of benzene rings is 1. The zero-order valence-electron chi connectivity index (χ0n) is 15.0. The van der Waals surface area contributed by atoms with Gasteiger partial charge in [-0.3, -0.25) is 4.79 Å². The van der Waals surface area contributed by atoms with Crippen molar-refractivity contribution in [3.8, 4) is 11.5 Å². The van der Waals surface area contributed by atoms with E-state index in [9.17, 15) is 9.90 Å². The summed E-state index contributed by atoms with van der Waals surface area (Å²) in [7, 11) is 4.79. The number of anilines is 1. The molecule has 7 nitrogen and oxygen atoms in total. The minimum atomic E-state index is -0.974. The molecule has 0 amide bonds. The SMILES string of the molecule is COc1cc(OC)cc(C2(O)CCN(c3cnn(C)c(=O)c3Br)CC2)c1. The lowest BCUT2D eigenvalue weighted by Gasteiger charge is -2.39. The van der Waals surface area contributed by atoms with E-state index in [0.717, 1.165) is 11.3 Å². The molecule has 2 aromatic rings. The largest absolute Gasteiger partial charge is 0.497 e. The summed E-state index contributed by atoms with van der Waals surface area (Å²) in [6.45, 7) is 1.20. The lowest BCUT2D eigenvalue weighted by Crippen LogP contribution is -2.43. The van der Waals surface area contributed by atoms with Crippen molar-refractivity contribution in [3.05, 3.63) is 44.8 Å². The maximum Gasteiger partial charge on any atom is 0.282 e. The predicted molar refractivity (Wildman–Crippen MR) is 102 cm³/mol. The summed E-state index contributed by atoms with van der Waals surface area (Å²) in [6.07, 6.45) is 2.71. The van der Waals surface area contributed by atoms with Gasteiger partial charge in [-0.25, -0.2) is 4.68 Å². The van der Waals surface area contributed by atoms with Crippen LogP contribution in [0.25, 0.3) is 0 Å². The van der Waals surface area contributed by atoms with Crippen LogP contribution in [0.1, 0.15) is 18.4 Å². The monoisotopic (exact) mass is 423 g/mol. The molecule has 1 aromatic carbocycles. The van der Waals surface area contributed by atoms with Gasteiger partial charge in [0.25, 0.3) is 5.56 Å². The van der Waals surface area contributed by atoms with Crippen LogP contribution in [0.5, 0.6) is 11.5 Å². The Bertz CT molecular complexity index is 838. The fourth-order valence-electron chi connectivity index (χ4n) is 3.20. The number of rotatable bonds is 4. The van der Waals surface area contributed by atoms with Gasteiger partial charge < -0.3 is 19.5 Å². The number of aryl methyl sites for hydroxylation is 1. The van der Waals surface area contributed by atoms with Gasteiger partial charge in [-0.1, -0.05) is 0 Å². The normalized spacial score (nSPS) is 16.4. The zero-order chi connectivity index (χ0) is 18.9. The smallest absolute Gasteiger partial charge is 0.282 e. The van der Waals surface area contributed by atoms with E-state index < -0.39 is 5.60 Å². The Balaban J connectivity index is 1.83. The molecule has 0 aliphatic carbocycles. The average Bonchev–Trinajstić information content (AvgIpc) is 2.67. The first-order valence-corrected chi connectivity index (χ1v) is 9.10. The third kappa shape index (κ3) is 3.43. The molecule has 1 N–H and O–H groups in total. The van der Waals surface area contributed by atoms with Gasteiger partial charge in [0, 0.05) is 26.2 Å². The average molecular weight is 424 g/mol. The highest BCUT2D eigenvalue weighted by atomic mass is 79.9. The van der Waals surface area contributed by atoms with Crippen molar-refractivity contribution in [2.24, 2.45) is 7.05 Å². The fourth-order valence-corrected chi connectivity index (χ4v) is 3.81. The maximum atomic E-state index is 12.1. The molecule has 140 valence electrons. The third-order valence-corrected chi connectivity index (χ3v) is 5.63.